The number of benzene rings is 6. The fourth-order valence-corrected chi connectivity index (χ4v) is 7.65. The molecule has 17 heteroatoms. The molecule has 0 spiro atoms. The molecule has 0 fully saturated rings. The van der Waals surface area contributed by atoms with Crippen molar-refractivity contribution in [2.75, 3.05) is 14.9 Å². The van der Waals surface area contributed by atoms with E-state index in [1.807, 2.05) is 0 Å². The van der Waals surface area contributed by atoms with Crippen molar-refractivity contribution in [2.24, 2.45) is 4.99 Å². The van der Waals surface area contributed by atoms with Gasteiger partial charge in [0, 0.05) is 11.4 Å². The topological polar surface area (TPSA) is 203 Å². The minimum absolute atomic E-state index is 0.0237. The van der Waals surface area contributed by atoms with E-state index in [1.54, 1.807) is 48.5 Å². The number of fused-ring (bicyclic) bond motifs is 2. The molecule has 52 heavy (non-hydrogen) atoms. The predicted octanol–water partition coefficient (Wildman–Crippen LogP) is 7.57. The molecule has 0 saturated carbocycles. The summed E-state index contributed by atoms with van der Waals surface area (Å²) in [5.41, 5.74) is 6.51. The molecule has 0 aliphatic heterocycles. The third-order valence-electron chi connectivity index (χ3n) is 7.62. The van der Waals surface area contributed by atoms with E-state index in [9.17, 15) is 36.6 Å². The lowest BCUT2D eigenvalue weighted by atomic mass is 10.1. The summed E-state index contributed by atoms with van der Waals surface area (Å²) in [5.74, 6) is -2.58. The summed E-state index contributed by atoms with van der Waals surface area (Å²) in [6.07, 6.45) is 1.39. The Balaban J connectivity index is 1.13. The van der Waals surface area contributed by atoms with Crippen LogP contribution in [0.3, 0.4) is 0 Å². The molecular weight excluding hydrogens is 753 g/mol. The van der Waals surface area contributed by atoms with Gasteiger partial charge in [0.15, 0.2) is 0 Å². The van der Waals surface area contributed by atoms with Crippen molar-refractivity contribution in [2.45, 2.75) is 9.79 Å². The third kappa shape index (κ3) is 8.03. The number of rotatable bonds is 12. The highest BCUT2D eigenvalue weighted by Crippen LogP contribution is 2.28. The molecule has 0 saturated heterocycles. The van der Waals surface area contributed by atoms with Gasteiger partial charge < -0.3 is 15.6 Å². The molecule has 0 amide bonds. The van der Waals surface area contributed by atoms with Gasteiger partial charge in [-0.1, -0.05) is 47.5 Å². The van der Waals surface area contributed by atoms with Crippen LogP contribution in [-0.4, -0.2) is 45.3 Å². The molecule has 6 N–H and O–H groups in total. The number of hydrazine groups is 1. The molecule has 6 rings (SSSR count). The lowest BCUT2D eigenvalue weighted by Gasteiger charge is -2.11. The Morgan fingerprint density at radius 2 is 1.02 bits per heavy atom. The molecule has 6 aromatic carbocycles. The number of anilines is 3. The van der Waals surface area contributed by atoms with Crippen LogP contribution in [-0.2, 0) is 20.0 Å². The highest BCUT2D eigenvalue weighted by Gasteiger charge is 2.19. The number of carbonyl (C=O) groups is 2. The van der Waals surface area contributed by atoms with Gasteiger partial charge >= 0.3 is 11.9 Å². The number of hydrogen-bond donors (Lipinski definition) is 6. The second-order valence-electron chi connectivity index (χ2n) is 11.2. The fraction of sp³-hybridized carbons (Fsp3) is 0. The van der Waals surface area contributed by atoms with E-state index < -0.39 is 32.0 Å². The minimum atomic E-state index is -4.08. The van der Waals surface area contributed by atoms with Crippen LogP contribution in [0, 0.1) is 0 Å². The third-order valence-corrected chi connectivity index (χ3v) is 11.0. The van der Waals surface area contributed by atoms with Crippen LogP contribution >= 0.6 is 23.2 Å². The summed E-state index contributed by atoms with van der Waals surface area (Å²) in [5, 5.41) is 21.3. The van der Waals surface area contributed by atoms with Gasteiger partial charge in [-0.3, -0.25) is 14.9 Å². The molecule has 0 bridgehead atoms. The summed E-state index contributed by atoms with van der Waals surface area (Å²) in [6, 6.07) is 27.2. The van der Waals surface area contributed by atoms with Crippen molar-refractivity contribution < 1.29 is 36.6 Å². The fourth-order valence-electron chi connectivity index (χ4n) is 5.09. The van der Waals surface area contributed by atoms with E-state index >= 15 is 0 Å². The van der Waals surface area contributed by atoms with E-state index in [1.165, 1.54) is 54.9 Å². The number of aliphatic imine (C=N–C) groups is 1. The Kier molecular flexibility index (Phi) is 9.95. The Labute approximate surface area is 306 Å². The largest absolute Gasteiger partial charge is 0.478 e. The van der Waals surface area contributed by atoms with Crippen LogP contribution in [0.15, 0.2) is 124 Å². The number of hydrogen-bond acceptors (Lipinski definition) is 8. The second-order valence-corrected chi connectivity index (χ2v) is 15.3. The van der Waals surface area contributed by atoms with Gasteiger partial charge in [0.25, 0.3) is 20.0 Å². The quantitative estimate of drug-likeness (QED) is 0.0408. The highest BCUT2D eigenvalue weighted by molar-refractivity contribution is 7.93. The summed E-state index contributed by atoms with van der Waals surface area (Å²) < 4.78 is 57.2. The van der Waals surface area contributed by atoms with Crippen molar-refractivity contribution in [3.05, 3.63) is 130 Å². The Morgan fingerprint density at radius 1 is 0.558 bits per heavy atom. The average Bonchev–Trinajstić information content (AvgIpc) is 3.10. The molecule has 0 radical (unpaired) electrons. The smallest absolute Gasteiger partial charge is 0.337 e. The number of carboxylic acid groups (broad SMARTS) is 2. The Bertz CT molecular complexity index is 2670. The van der Waals surface area contributed by atoms with Crippen molar-refractivity contribution in [1.82, 2.24) is 5.43 Å². The molecule has 0 aliphatic carbocycles. The van der Waals surface area contributed by atoms with Gasteiger partial charge in [0.2, 0.25) is 0 Å². The van der Waals surface area contributed by atoms with E-state index in [-0.39, 0.29) is 42.3 Å². The molecule has 0 atom stereocenters. The number of carboxylic acids is 2. The van der Waals surface area contributed by atoms with E-state index in [0.29, 0.717) is 22.1 Å². The predicted molar refractivity (Wildman–Crippen MR) is 201 cm³/mol. The molecule has 6 aromatic rings. The van der Waals surface area contributed by atoms with Gasteiger partial charge in [-0.2, -0.15) is 0 Å². The van der Waals surface area contributed by atoms with Crippen LogP contribution in [0.5, 0.6) is 0 Å². The standard InChI is InChI=1S/C35H25Cl2N5O8S2/c36-32-11-7-26(17-30(32)34(43)44)41-51(47,48)28-9-3-20-1-5-24(13-22(20)15-28)38-19-39-40-25-6-2-21-4-10-29(16-23(21)14-25)52(49,50)42-27-8-12-33(37)31(18-27)35(45)46/h1-19,40-42H,(H,38,39)(H,43,44)(H,45,46). The Morgan fingerprint density at radius 3 is 1.54 bits per heavy atom. The Hall–Kier alpha value is -5.87. The molecule has 13 nitrogen and oxygen atoms in total. The van der Waals surface area contributed by atoms with Crippen molar-refractivity contribution >= 4 is 106 Å². The molecule has 0 aromatic heterocycles. The van der Waals surface area contributed by atoms with Gasteiger partial charge in [-0.05, 0) is 106 Å². The van der Waals surface area contributed by atoms with Crippen LogP contribution in [0.2, 0.25) is 10.0 Å². The monoisotopic (exact) mass is 777 g/mol. The number of aromatic carboxylic acids is 2. The van der Waals surface area contributed by atoms with Crippen molar-refractivity contribution in [3.63, 3.8) is 0 Å². The lowest BCUT2D eigenvalue weighted by molar-refractivity contribution is 0.0686. The second kappa shape index (κ2) is 14.4. The summed E-state index contributed by atoms with van der Waals surface area (Å²) in [4.78, 5) is 27.1. The number of halogens is 2. The average molecular weight is 779 g/mol. The summed E-state index contributed by atoms with van der Waals surface area (Å²) in [7, 11) is -8.15. The molecular formula is C35H25Cl2N5O8S2. The molecule has 264 valence electrons. The SMILES string of the molecule is O=C(O)c1cc(NS(=O)(=O)c2ccc3ccc(N=CNNc4ccc5ccc(S(=O)(=O)Nc6ccc(Cl)c(C(=O)O)c6)cc5c4)cc3c2)ccc1Cl. The van der Waals surface area contributed by atoms with E-state index in [4.69, 9.17) is 23.2 Å². The maximum absolute atomic E-state index is 13.1. The van der Waals surface area contributed by atoms with Gasteiger partial charge in [-0.15, -0.1) is 0 Å². The number of nitrogens with one attached hydrogen (secondary N) is 4. The van der Waals surface area contributed by atoms with Gasteiger partial charge in [-0.25, -0.2) is 31.4 Å². The van der Waals surface area contributed by atoms with E-state index in [2.05, 4.69) is 25.3 Å². The van der Waals surface area contributed by atoms with Crippen LogP contribution in [0.4, 0.5) is 22.7 Å². The zero-order valence-electron chi connectivity index (χ0n) is 26.3. The van der Waals surface area contributed by atoms with Crippen LogP contribution < -0.4 is 20.3 Å². The normalized spacial score (nSPS) is 11.8. The van der Waals surface area contributed by atoms with Crippen molar-refractivity contribution in [1.29, 1.82) is 0 Å². The van der Waals surface area contributed by atoms with Crippen LogP contribution in [0.25, 0.3) is 21.5 Å². The molecule has 0 heterocycles. The maximum Gasteiger partial charge on any atom is 0.337 e. The first-order chi connectivity index (χ1) is 24.7. The minimum Gasteiger partial charge on any atom is -0.478 e. The lowest BCUT2D eigenvalue weighted by Crippen LogP contribution is -2.19. The highest BCUT2D eigenvalue weighted by atomic mass is 35.5. The zero-order chi connectivity index (χ0) is 37.2. The zero-order valence-corrected chi connectivity index (χ0v) is 29.5. The number of sulfonamides is 2. The van der Waals surface area contributed by atoms with Crippen LogP contribution in [0.1, 0.15) is 20.7 Å². The van der Waals surface area contributed by atoms with Gasteiger partial charge in [0.1, 0.15) is 6.34 Å². The first-order valence-corrected chi connectivity index (χ1v) is 18.6. The molecule has 0 unspecified atom stereocenters. The van der Waals surface area contributed by atoms with E-state index in [0.717, 1.165) is 22.9 Å². The maximum atomic E-state index is 13.1. The summed E-state index contributed by atoms with van der Waals surface area (Å²) >= 11 is 11.8. The number of nitrogens with zero attached hydrogens (tertiary/aromatic N) is 1. The summed E-state index contributed by atoms with van der Waals surface area (Å²) in [6.45, 7) is 0. The van der Waals surface area contributed by atoms with Gasteiger partial charge in [0.05, 0.1) is 42.3 Å². The first kappa shape index (κ1) is 35.9. The van der Waals surface area contributed by atoms with Crippen molar-refractivity contribution in [3.8, 4) is 0 Å². The molecule has 0 aliphatic rings. The first-order valence-electron chi connectivity index (χ1n) is 14.9.